The average molecular weight is 367 g/mol. The fraction of sp³-hybridized carbons (Fsp3) is 0.450. The van der Waals surface area contributed by atoms with Crippen molar-refractivity contribution in [1.82, 2.24) is 14.9 Å². The summed E-state index contributed by atoms with van der Waals surface area (Å²) in [6, 6.07) is 8.00. The molecular formula is C20H25N5O2. The summed E-state index contributed by atoms with van der Waals surface area (Å²) >= 11 is 0. The van der Waals surface area contributed by atoms with Crippen molar-refractivity contribution in [2.24, 2.45) is 0 Å². The third kappa shape index (κ3) is 3.67. The molecule has 2 aliphatic heterocycles. The van der Waals surface area contributed by atoms with Gasteiger partial charge in [0, 0.05) is 51.7 Å². The predicted octanol–water partition coefficient (Wildman–Crippen LogP) is 2.05. The van der Waals surface area contributed by atoms with Gasteiger partial charge in [-0.15, -0.1) is 0 Å². The maximum Gasteiger partial charge on any atom is 0.257 e. The number of para-hydroxylation sites is 2. The van der Waals surface area contributed by atoms with E-state index in [1.54, 1.807) is 19.5 Å². The van der Waals surface area contributed by atoms with Crippen LogP contribution in [-0.4, -0.2) is 67.2 Å². The lowest BCUT2D eigenvalue weighted by molar-refractivity contribution is 0.0746. The summed E-state index contributed by atoms with van der Waals surface area (Å²) < 4.78 is 5.45. The van der Waals surface area contributed by atoms with Crippen LogP contribution in [0.3, 0.4) is 0 Å². The normalized spacial score (nSPS) is 17.3. The van der Waals surface area contributed by atoms with Crippen LogP contribution >= 0.6 is 0 Å². The number of nitrogens with zero attached hydrogens (tertiary/aromatic N) is 5. The Morgan fingerprint density at radius 1 is 0.926 bits per heavy atom. The minimum atomic E-state index is 0.00245. The first-order chi connectivity index (χ1) is 13.3. The molecular weight excluding hydrogens is 342 g/mol. The van der Waals surface area contributed by atoms with Gasteiger partial charge in [-0.2, -0.15) is 0 Å². The Balaban J connectivity index is 1.38. The number of hydrogen-bond donors (Lipinski definition) is 0. The zero-order valence-corrected chi connectivity index (χ0v) is 15.7. The monoisotopic (exact) mass is 367 g/mol. The number of piperazine rings is 1. The van der Waals surface area contributed by atoms with E-state index in [-0.39, 0.29) is 5.91 Å². The molecule has 2 saturated heterocycles. The van der Waals surface area contributed by atoms with E-state index in [2.05, 4.69) is 25.8 Å². The number of hydrogen-bond acceptors (Lipinski definition) is 6. The second kappa shape index (κ2) is 7.82. The SMILES string of the molecule is COc1ccccc1N1CCN(C(=O)c2cnc(N3CCCC3)nc2)CC1. The molecule has 0 unspecified atom stereocenters. The number of ether oxygens (including phenoxy) is 1. The zero-order chi connectivity index (χ0) is 18.6. The summed E-state index contributed by atoms with van der Waals surface area (Å²) in [6.45, 7) is 4.89. The fourth-order valence-corrected chi connectivity index (χ4v) is 3.74. The van der Waals surface area contributed by atoms with Crippen LogP contribution in [0.15, 0.2) is 36.7 Å². The van der Waals surface area contributed by atoms with Crippen molar-refractivity contribution in [2.75, 3.05) is 56.2 Å². The van der Waals surface area contributed by atoms with Gasteiger partial charge in [-0.3, -0.25) is 4.79 Å². The van der Waals surface area contributed by atoms with Gasteiger partial charge in [-0.1, -0.05) is 12.1 Å². The van der Waals surface area contributed by atoms with Crippen LogP contribution in [0.5, 0.6) is 5.75 Å². The van der Waals surface area contributed by atoms with Gasteiger partial charge in [0.15, 0.2) is 0 Å². The molecule has 4 rings (SSSR count). The molecule has 0 radical (unpaired) electrons. The summed E-state index contributed by atoms with van der Waals surface area (Å²) in [5.74, 6) is 1.59. The average Bonchev–Trinajstić information content (AvgIpc) is 3.28. The topological polar surface area (TPSA) is 61.8 Å². The van der Waals surface area contributed by atoms with Gasteiger partial charge in [0.1, 0.15) is 5.75 Å². The molecule has 0 N–H and O–H groups in total. The molecule has 7 heteroatoms. The number of anilines is 2. The van der Waals surface area contributed by atoms with Crippen LogP contribution in [0, 0.1) is 0 Å². The molecule has 142 valence electrons. The highest BCUT2D eigenvalue weighted by Crippen LogP contribution is 2.28. The molecule has 7 nitrogen and oxygen atoms in total. The Labute approximate surface area is 159 Å². The van der Waals surface area contributed by atoms with Crippen molar-refractivity contribution < 1.29 is 9.53 Å². The number of benzene rings is 1. The third-order valence-electron chi connectivity index (χ3n) is 5.27. The highest BCUT2D eigenvalue weighted by molar-refractivity contribution is 5.93. The van der Waals surface area contributed by atoms with Crippen molar-refractivity contribution in [3.05, 3.63) is 42.2 Å². The van der Waals surface area contributed by atoms with Crippen LogP contribution in [0.1, 0.15) is 23.2 Å². The second-order valence-electron chi connectivity index (χ2n) is 6.92. The second-order valence-corrected chi connectivity index (χ2v) is 6.92. The maximum absolute atomic E-state index is 12.8. The van der Waals surface area contributed by atoms with E-state index in [1.165, 1.54) is 12.8 Å². The number of rotatable bonds is 4. The summed E-state index contributed by atoms with van der Waals surface area (Å²) in [4.78, 5) is 27.9. The lowest BCUT2D eigenvalue weighted by Gasteiger charge is -2.36. The highest BCUT2D eigenvalue weighted by atomic mass is 16.5. The number of amides is 1. The molecule has 1 amide bonds. The Bertz CT molecular complexity index is 781. The largest absolute Gasteiger partial charge is 0.495 e. The first-order valence-electron chi connectivity index (χ1n) is 9.50. The standard InChI is InChI=1S/C20H25N5O2/c1-27-18-7-3-2-6-17(18)23-10-12-24(13-11-23)19(26)16-14-21-20(22-15-16)25-8-4-5-9-25/h2-3,6-7,14-15H,4-5,8-13H2,1H3. The molecule has 2 aliphatic rings. The smallest absolute Gasteiger partial charge is 0.257 e. The number of methoxy groups -OCH3 is 1. The quantitative estimate of drug-likeness (QED) is 0.824. The van der Waals surface area contributed by atoms with Gasteiger partial charge in [0.2, 0.25) is 5.95 Å². The van der Waals surface area contributed by atoms with Crippen molar-refractivity contribution in [3.8, 4) is 5.75 Å². The Kier molecular flexibility index (Phi) is 5.09. The van der Waals surface area contributed by atoms with E-state index in [0.717, 1.165) is 43.6 Å². The Morgan fingerprint density at radius 3 is 2.26 bits per heavy atom. The first kappa shape index (κ1) is 17.6. The number of carbonyl (C=O) groups is 1. The lowest BCUT2D eigenvalue weighted by atomic mass is 10.2. The molecule has 1 aromatic carbocycles. The molecule has 0 aliphatic carbocycles. The van der Waals surface area contributed by atoms with Crippen molar-refractivity contribution in [3.63, 3.8) is 0 Å². The highest BCUT2D eigenvalue weighted by Gasteiger charge is 2.24. The minimum Gasteiger partial charge on any atom is -0.495 e. The van der Waals surface area contributed by atoms with E-state index in [9.17, 15) is 4.79 Å². The van der Waals surface area contributed by atoms with E-state index in [4.69, 9.17) is 4.74 Å². The van der Waals surface area contributed by atoms with E-state index >= 15 is 0 Å². The Morgan fingerprint density at radius 2 is 1.59 bits per heavy atom. The van der Waals surface area contributed by atoms with Crippen molar-refractivity contribution in [1.29, 1.82) is 0 Å². The van der Waals surface area contributed by atoms with Crippen LogP contribution in [0.4, 0.5) is 11.6 Å². The van der Waals surface area contributed by atoms with Crippen LogP contribution in [-0.2, 0) is 0 Å². The molecule has 2 fully saturated rings. The van der Waals surface area contributed by atoms with Gasteiger partial charge < -0.3 is 19.4 Å². The molecule has 0 spiro atoms. The van der Waals surface area contributed by atoms with Crippen LogP contribution in [0.25, 0.3) is 0 Å². The molecule has 0 atom stereocenters. The fourth-order valence-electron chi connectivity index (χ4n) is 3.74. The Hall–Kier alpha value is -2.83. The van der Waals surface area contributed by atoms with Gasteiger partial charge in [0.05, 0.1) is 18.4 Å². The summed E-state index contributed by atoms with van der Waals surface area (Å²) in [7, 11) is 1.68. The third-order valence-corrected chi connectivity index (χ3v) is 5.27. The van der Waals surface area contributed by atoms with Crippen LogP contribution < -0.4 is 14.5 Å². The number of carbonyl (C=O) groups excluding carboxylic acids is 1. The molecule has 0 saturated carbocycles. The van der Waals surface area contributed by atoms with Crippen molar-refractivity contribution in [2.45, 2.75) is 12.8 Å². The predicted molar refractivity (Wildman–Crippen MR) is 105 cm³/mol. The minimum absolute atomic E-state index is 0.00245. The van der Waals surface area contributed by atoms with E-state index < -0.39 is 0 Å². The lowest BCUT2D eigenvalue weighted by Crippen LogP contribution is -2.49. The van der Waals surface area contributed by atoms with Gasteiger partial charge in [0.25, 0.3) is 5.91 Å². The van der Waals surface area contributed by atoms with E-state index in [1.807, 2.05) is 23.1 Å². The number of aromatic nitrogens is 2. The van der Waals surface area contributed by atoms with Gasteiger partial charge >= 0.3 is 0 Å². The van der Waals surface area contributed by atoms with E-state index in [0.29, 0.717) is 18.7 Å². The van der Waals surface area contributed by atoms with Crippen LogP contribution in [0.2, 0.25) is 0 Å². The zero-order valence-electron chi connectivity index (χ0n) is 15.7. The molecule has 0 bridgehead atoms. The summed E-state index contributed by atoms with van der Waals surface area (Å²) in [5, 5.41) is 0. The molecule has 2 aromatic rings. The maximum atomic E-state index is 12.8. The molecule has 1 aromatic heterocycles. The summed E-state index contributed by atoms with van der Waals surface area (Å²) in [5.41, 5.74) is 1.63. The van der Waals surface area contributed by atoms with Gasteiger partial charge in [-0.25, -0.2) is 9.97 Å². The van der Waals surface area contributed by atoms with Gasteiger partial charge in [-0.05, 0) is 25.0 Å². The van der Waals surface area contributed by atoms with Crippen molar-refractivity contribution >= 4 is 17.5 Å². The molecule has 27 heavy (non-hydrogen) atoms. The summed E-state index contributed by atoms with van der Waals surface area (Å²) in [6.07, 6.45) is 5.69. The first-order valence-corrected chi connectivity index (χ1v) is 9.50. The molecule has 3 heterocycles.